The number of alkyl halides is 6. The molecule has 0 bridgehead atoms. The van der Waals surface area contributed by atoms with Crippen LogP contribution in [0.1, 0.15) is 13.3 Å². The Labute approximate surface area is 82.4 Å². The van der Waals surface area contributed by atoms with Gasteiger partial charge in [0.1, 0.15) is 0 Å². The van der Waals surface area contributed by atoms with Gasteiger partial charge in [0.2, 0.25) is 0 Å². The predicted octanol–water partition coefficient (Wildman–Crippen LogP) is 2.23. The van der Waals surface area contributed by atoms with Crippen molar-refractivity contribution in [2.45, 2.75) is 37.9 Å². The maximum absolute atomic E-state index is 12.1. The zero-order valence-corrected chi connectivity index (χ0v) is 7.82. The summed E-state index contributed by atoms with van der Waals surface area (Å²) in [7, 11) is 0. The van der Waals surface area contributed by atoms with Crippen molar-refractivity contribution in [1.82, 2.24) is 0 Å². The highest BCUT2D eigenvalue weighted by Crippen LogP contribution is 2.30. The van der Waals surface area contributed by atoms with Gasteiger partial charge in [0.05, 0.1) is 0 Å². The van der Waals surface area contributed by atoms with Gasteiger partial charge >= 0.3 is 12.4 Å². The smallest absolute Gasteiger partial charge is 0.356 e. The van der Waals surface area contributed by atoms with Gasteiger partial charge in [-0.1, -0.05) is 0 Å². The number of nitrogens with two attached hydrogens (primary N) is 1. The minimum Gasteiger partial charge on any atom is -0.356 e. The number of ether oxygens (including phenoxy) is 1. The second-order valence-electron chi connectivity index (χ2n) is 2.93. The molecular weight excluding hydrogens is 228 g/mol. The molecule has 0 amide bonds. The van der Waals surface area contributed by atoms with Crippen molar-refractivity contribution in [3.8, 4) is 0 Å². The van der Waals surface area contributed by atoms with Crippen LogP contribution in [-0.2, 0) is 4.74 Å². The van der Waals surface area contributed by atoms with Crippen LogP contribution in [-0.4, -0.2) is 31.1 Å². The van der Waals surface area contributed by atoms with Crippen LogP contribution in [0.2, 0.25) is 0 Å². The first-order chi connectivity index (χ1) is 6.59. The molecule has 0 saturated heterocycles. The largest absolute Gasteiger partial charge is 0.414 e. The molecule has 8 heteroatoms. The van der Waals surface area contributed by atoms with Gasteiger partial charge < -0.3 is 10.5 Å². The number of halogens is 6. The predicted molar refractivity (Wildman–Crippen MR) is 40.1 cm³/mol. The van der Waals surface area contributed by atoms with Crippen molar-refractivity contribution in [1.29, 1.82) is 0 Å². The van der Waals surface area contributed by atoms with Crippen molar-refractivity contribution in [3.05, 3.63) is 0 Å². The molecular formula is C7H11F6NO. The summed E-state index contributed by atoms with van der Waals surface area (Å²) < 4.78 is 76.0. The van der Waals surface area contributed by atoms with E-state index in [1.165, 1.54) is 0 Å². The average molecular weight is 239 g/mol. The Morgan fingerprint density at radius 1 is 1.07 bits per heavy atom. The summed E-state index contributed by atoms with van der Waals surface area (Å²) in [5.41, 5.74) is 4.85. The van der Waals surface area contributed by atoms with Crippen LogP contribution in [0, 0.1) is 0 Å². The zero-order chi connectivity index (χ0) is 12.3. The summed E-state index contributed by atoms with van der Waals surface area (Å²) in [4.78, 5) is 0. The molecule has 0 aliphatic heterocycles. The van der Waals surface area contributed by atoms with Gasteiger partial charge in [-0.25, -0.2) is 0 Å². The first-order valence-corrected chi connectivity index (χ1v) is 4.08. The number of rotatable bonds is 4. The Morgan fingerprint density at radius 3 is 1.80 bits per heavy atom. The molecule has 0 fully saturated rings. The van der Waals surface area contributed by atoms with E-state index in [4.69, 9.17) is 5.73 Å². The molecule has 0 aromatic carbocycles. The van der Waals surface area contributed by atoms with Gasteiger partial charge in [-0.05, 0) is 19.9 Å². The molecule has 2 unspecified atom stereocenters. The van der Waals surface area contributed by atoms with Gasteiger partial charge in [-0.2, -0.15) is 26.3 Å². The van der Waals surface area contributed by atoms with Gasteiger partial charge in [0, 0.05) is 0 Å². The normalized spacial score (nSPS) is 17.6. The number of hydrogen-bond donors (Lipinski definition) is 1. The third-order valence-corrected chi connectivity index (χ3v) is 1.62. The SMILES string of the molecule is CC(OC(CCN)C(F)(F)F)C(F)(F)F. The molecule has 0 aliphatic carbocycles. The van der Waals surface area contributed by atoms with Crippen molar-refractivity contribution in [3.63, 3.8) is 0 Å². The summed E-state index contributed by atoms with van der Waals surface area (Å²) in [5, 5.41) is 0. The van der Waals surface area contributed by atoms with Crippen LogP contribution >= 0.6 is 0 Å². The molecule has 0 heterocycles. The molecule has 2 nitrogen and oxygen atoms in total. The van der Waals surface area contributed by atoms with E-state index >= 15 is 0 Å². The zero-order valence-electron chi connectivity index (χ0n) is 7.82. The fourth-order valence-corrected chi connectivity index (χ4v) is 0.784. The van der Waals surface area contributed by atoms with Gasteiger partial charge in [0.25, 0.3) is 0 Å². The Balaban J connectivity index is 4.43. The first-order valence-electron chi connectivity index (χ1n) is 4.08. The standard InChI is InChI=1S/C7H11F6NO/c1-4(6(8,9)10)15-5(2-3-14)7(11,12)13/h4-5H,2-3,14H2,1H3. The molecule has 0 saturated carbocycles. The van der Waals surface area contributed by atoms with E-state index in [0.29, 0.717) is 6.92 Å². The molecule has 0 rings (SSSR count). The van der Waals surface area contributed by atoms with E-state index in [9.17, 15) is 26.3 Å². The summed E-state index contributed by atoms with van der Waals surface area (Å²) in [6.07, 6.45) is -15.3. The van der Waals surface area contributed by atoms with E-state index in [2.05, 4.69) is 4.74 Å². The molecule has 2 atom stereocenters. The Kier molecular flexibility index (Phi) is 4.85. The molecule has 15 heavy (non-hydrogen) atoms. The van der Waals surface area contributed by atoms with E-state index in [1.54, 1.807) is 0 Å². The lowest BCUT2D eigenvalue weighted by Gasteiger charge is -2.25. The minimum absolute atomic E-state index is 0.394. The van der Waals surface area contributed by atoms with E-state index in [-0.39, 0.29) is 0 Å². The Hall–Kier alpha value is -0.500. The molecule has 0 aromatic rings. The third kappa shape index (κ3) is 5.22. The molecule has 0 aliphatic rings. The van der Waals surface area contributed by atoms with Crippen molar-refractivity contribution >= 4 is 0 Å². The van der Waals surface area contributed by atoms with E-state index in [0.717, 1.165) is 0 Å². The second kappa shape index (κ2) is 5.02. The Morgan fingerprint density at radius 2 is 1.53 bits per heavy atom. The maximum atomic E-state index is 12.1. The molecule has 0 spiro atoms. The highest BCUT2D eigenvalue weighted by Gasteiger charge is 2.46. The fourth-order valence-electron chi connectivity index (χ4n) is 0.784. The lowest BCUT2D eigenvalue weighted by molar-refractivity contribution is -0.282. The highest BCUT2D eigenvalue weighted by molar-refractivity contribution is 4.72. The lowest BCUT2D eigenvalue weighted by Crippen LogP contribution is -2.40. The molecule has 0 aromatic heterocycles. The summed E-state index contributed by atoms with van der Waals surface area (Å²) >= 11 is 0. The summed E-state index contributed by atoms with van der Waals surface area (Å²) in [5.74, 6) is 0. The monoisotopic (exact) mass is 239 g/mol. The lowest BCUT2D eigenvalue weighted by atomic mass is 10.2. The van der Waals surface area contributed by atoms with Crippen LogP contribution in [0.5, 0.6) is 0 Å². The summed E-state index contributed by atoms with van der Waals surface area (Å²) in [6.45, 7) is 0.129. The van der Waals surface area contributed by atoms with Crippen LogP contribution in [0.25, 0.3) is 0 Å². The van der Waals surface area contributed by atoms with Crippen molar-refractivity contribution in [2.24, 2.45) is 5.73 Å². The van der Waals surface area contributed by atoms with Gasteiger partial charge in [-0.3, -0.25) is 0 Å². The first kappa shape index (κ1) is 14.5. The van der Waals surface area contributed by atoms with Crippen molar-refractivity contribution in [2.75, 3.05) is 6.54 Å². The summed E-state index contributed by atoms with van der Waals surface area (Å²) in [6, 6.07) is 0. The topological polar surface area (TPSA) is 35.2 Å². The number of hydrogen-bond acceptors (Lipinski definition) is 2. The second-order valence-corrected chi connectivity index (χ2v) is 2.93. The Bertz CT molecular complexity index is 189. The maximum Gasteiger partial charge on any atom is 0.414 e. The van der Waals surface area contributed by atoms with Crippen LogP contribution < -0.4 is 5.73 Å². The van der Waals surface area contributed by atoms with Crippen LogP contribution in [0.4, 0.5) is 26.3 Å². The molecule has 92 valence electrons. The average Bonchev–Trinajstić information content (AvgIpc) is 1.99. The molecule has 2 N–H and O–H groups in total. The molecule has 0 radical (unpaired) electrons. The van der Waals surface area contributed by atoms with Crippen LogP contribution in [0.15, 0.2) is 0 Å². The van der Waals surface area contributed by atoms with Gasteiger partial charge in [-0.15, -0.1) is 0 Å². The minimum atomic E-state index is -4.83. The van der Waals surface area contributed by atoms with Crippen LogP contribution in [0.3, 0.4) is 0 Å². The van der Waals surface area contributed by atoms with E-state index in [1.807, 2.05) is 0 Å². The highest BCUT2D eigenvalue weighted by atomic mass is 19.4. The quantitative estimate of drug-likeness (QED) is 0.763. The van der Waals surface area contributed by atoms with Gasteiger partial charge in [0.15, 0.2) is 12.2 Å². The third-order valence-electron chi connectivity index (χ3n) is 1.62. The van der Waals surface area contributed by atoms with Crippen molar-refractivity contribution < 1.29 is 31.1 Å². The fraction of sp³-hybridized carbons (Fsp3) is 1.00. The van der Waals surface area contributed by atoms with E-state index < -0.39 is 37.5 Å².